The molecule has 0 unspecified atom stereocenters. The molecule has 0 bridgehead atoms. The van der Waals surface area contributed by atoms with E-state index in [1.54, 1.807) is 0 Å². The van der Waals surface area contributed by atoms with Gasteiger partial charge in [-0.25, -0.2) is 0 Å². The van der Waals surface area contributed by atoms with E-state index >= 15 is 0 Å². The van der Waals surface area contributed by atoms with Gasteiger partial charge >= 0.3 is 0 Å². The van der Waals surface area contributed by atoms with Gasteiger partial charge < -0.3 is 9.13 Å². The van der Waals surface area contributed by atoms with E-state index in [-0.39, 0.29) is 0 Å². The summed E-state index contributed by atoms with van der Waals surface area (Å²) in [5, 5.41) is 13.2. The molecule has 0 spiro atoms. The summed E-state index contributed by atoms with van der Waals surface area (Å²) in [5.74, 6) is 0. The maximum absolute atomic E-state index is 3.05. The summed E-state index contributed by atoms with van der Waals surface area (Å²) >= 11 is 1.90. The molecule has 58 heavy (non-hydrogen) atoms. The van der Waals surface area contributed by atoms with Gasteiger partial charge in [0.1, 0.15) is 0 Å². The van der Waals surface area contributed by atoms with Crippen molar-refractivity contribution in [1.29, 1.82) is 0 Å². The summed E-state index contributed by atoms with van der Waals surface area (Å²) in [5.41, 5.74) is 7.27. The molecule has 0 N–H and O–H groups in total. The van der Waals surface area contributed by atoms with Gasteiger partial charge in [-0.05, 0) is 69.3 Å². The molecule has 2 nitrogen and oxygen atoms in total. The number of hydrogen-bond donors (Lipinski definition) is 0. The van der Waals surface area contributed by atoms with Crippen LogP contribution < -0.4 is 20.7 Å². The molecule has 3 aromatic heterocycles. The van der Waals surface area contributed by atoms with Gasteiger partial charge in [0.25, 0.3) is 0 Å². The monoisotopic (exact) mass is 772 g/mol. The van der Waals surface area contributed by atoms with Crippen molar-refractivity contribution in [3.63, 3.8) is 0 Å². The lowest BCUT2D eigenvalue weighted by Gasteiger charge is -2.35. The van der Waals surface area contributed by atoms with E-state index in [0.717, 1.165) is 0 Å². The Hall–Kier alpha value is -6.98. The second kappa shape index (κ2) is 13.0. The second-order valence-electron chi connectivity index (χ2n) is 15.2. The molecule has 0 aliphatic rings. The second-order valence-corrected chi connectivity index (χ2v) is 20.0. The fourth-order valence-electron chi connectivity index (χ4n) is 9.91. The molecule has 3 heterocycles. The third-order valence-corrected chi connectivity index (χ3v) is 18.2. The molecular formula is C54H36N2SSi. The van der Waals surface area contributed by atoms with E-state index in [1.165, 1.54) is 95.9 Å². The van der Waals surface area contributed by atoms with Crippen molar-refractivity contribution in [3.05, 3.63) is 218 Å². The SMILES string of the molecule is c1ccc(-n2c3ccccc3c3c([Si](c4ccccc4)(c4ccccc4)c4cccc(-n5c6ccccc6c6ccc7c8ccccc8sc7c65)c4)cccc32)cc1. The van der Waals surface area contributed by atoms with E-state index in [2.05, 4.69) is 228 Å². The molecule has 0 saturated heterocycles. The summed E-state index contributed by atoms with van der Waals surface area (Å²) in [6.45, 7) is 0. The number of fused-ring (bicyclic) bond motifs is 10. The van der Waals surface area contributed by atoms with Crippen molar-refractivity contribution < 1.29 is 0 Å². The molecule has 0 amide bonds. The van der Waals surface area contributed by atoms with Crippen LogP contribution in [-0.4, -0.2) is 17.2 Å². The van der Waals surface area contributed by atoms with E-state index < -0.39 is 8.07 Å². The number of rotatable bonds is 6. The van der Waals surface area contributed by atoms with Crippen LogP contribution in [0.1, 0.15) is 0 Å². The first kappa shape index (κ1) is 33.2. The van der Waals surface area contributed by atoms with Crippen LogP contribution in [0.3, 0.4) is 0 Å². The number of nitrogens with zero attached hydrogens (tertiary/aromatic N) is 2. The molecule has 0 fully saturated rings. The molecule has 0 aliphatic heterocycles. The van der Waals surface area contributed by atoms with Crippen LogP contribution >= 0.6 is 11.3 Å². The lowest BCUT2D eigenvalue weighted by molar-refractivity contribution is 1.18. The quantitative estimate of drug-likeness (QED) is 0.118. The third-order valence-electron chi connectivity index (χ3n) is 12.2. The molecule has 0 radical (unpaired) electrons. The molecule has 9 aromatic carbocycles. The number of aromatic nitrogens is 2. The Labute approximate surface area is 341 Å². The predicted molar refractivity (Wildman–Crippen MR) is 252 cm³/mol. The molecular weight excluding hydrogens is 737 g/mol. The Morgan fingerprint density at radius 1 is 0.345 bits per heavy atom. The minimum atomic E-state index is -3.05. The summed E-state index contributed by atoms with van der Waals surface area (Å²) in [6, 6.07) is 81.5. The highest BCUT2D eigenvalue weighted by Gasteiger charge is 2.43. The molecule has 12 aromatic rings. The zero-order valence-electron chi connectivity index (χ0n) is 31.6. The molecule has 272 valence electrons. The molecule has 12 rings (SSSR count). The van der Waals surface area contributed by atoms with Crippen LogP contribution in [-0.2, 0) is 0 Å². The van der Waals surface area contributed by atoms with Gasteiger partial charge in [0.05, 0.1) is 26.8 Å². The predicted octanol–water partition coefficient (Wildman–Crippen LogP) is 11.6. The number of thiophene rings is 1. The lowest BCUT2D eigenvalue weighted by Crippen LogP contribution is -2.74. The van der Waals surface area contributed by atoms with Gasteiger partial charge in [0.2, 0.25) is 0 Å². The molecule has 0 saturated carbocycles. The summed E-state index contributed by atoms with van der Waals surface area (Å²) in [6.07, 6.45) is 0. The maximum Gasteiger partial charge on any atom is 0.180 e. The summed E-state index contributed by atoms with van der Waals surface area (Å²) < 4.78 is 7.64. The van der Waals surface area contributed by atoms with E-state index in [4.69, 9.17) is 0 Å². The van der Waals surface area contributed by atoms with Crippen LogP contribution in [0.25, 0.3) is 75.2 Å². The van der Waals surface area contributed by atoms with E-state index in [0.29, 0.717) is 0 Å². The Morgan fingerprint density at radius 3 is 1.62 bits per heavy atom. The zero-order valence-corrected chi connectivity index (χ0v) is 33.4. The fraction of sp³-hybridized carbons (Fsp3) is 0. The van der Waals surface area contributed by atoms with Crippen LogP contribution in [0.5, 0.6) is 0 Å². The highest BCUT2D eigenvalue weighted by Crippen LogP contribution is 2.43. The Bertz CT molecular complexity index is 3470. The zero-order chi connectivity index (χ0) is 38.2. The van der Waals surface area contributed by atoms with Crippen molar-refractivity contribution in [2.75, 3.05) is 0 Å². The van der Waals surface area contributed by atoms with Crippen LogP contribution in [0.2, 0.25) is 0 Å². The summed E-state index contributed by atoms with van der Waals surface area (Å²) in [7, 11) is -3.05. The minimum Gasteiger partial charge on any atom is -0.309 e. The first-order valence-electron chi connectivity index (χ1n) is 19.9. The van der Waals surface area contributed by atoms with Gasteiger partial charge in [0.15, 0.2) is 8.07 Å². The molecule has 0 aliphatic carbocycles. The van der Waals surface area contributed by atoms with E-state index in [9.17, 15) is 0 Å². The average Bonchev–Trinajstić information content (AvgIpc) is 3.96. The first-order chi connectivity index (χ1) is 28.8. The lowest BCUT2D eigenvalue weighted by atomic mass is 10.1. The smallest absolute Gasteiger partial charge is 0.180 e. The van der Waals surface area contributed by atoms with Crippen molar-refractivity contribution in [1.82, 2.24) is 9.13 Å². The van der Waals surface area contributed by atoms with Gasteiger partial charge in [-0.1, -0.05) is 170 Å². The average molecular weight is 773 g/mol. The van der Waals surface area contributed by atoms with Gasteiger partial charge in [-0.3, -0.25) is 0 Å². The van der Waals surface area contributed by atoms with Crippen LogP contribution in [0.4, 0.5) is 0 Å². The van der Waals surface area contributed by atoms with E-state index in [1.807, 2.05) is 11.3 Å². The van der Waals surface area contributed by atoms with Crippen molar-refractivity contribution >= 4 is 104 Å². The minimum absolute atomic E-state index is 1.17. The highest BCUT2D eigenvalue weighted by molar-refractivity contribution is 7.26. The number of hydrogen-bond acceptors (Lipinski definition) is 1. The first-order valence-corrected chi connectivity index (χ1v) is 22.8. The maximum atomic E-state index is 2.54. The van der Waals surface area contributed by atoms with Crippen molar-refractivity contribution in [2.24, 2.45) is 0 Å². The van der Waals surface area contributed by atoms with Gasteiger partial charge in [0, 0.05) is 48.4 Å². The van der Waals surface area contributed by atoms with Crippen LogP contribution in [0, 0.1) is 0 Å². The summed E-state index contributed by atoms with van der Waals surface area (Å²) in [4.78, 5) is 0. The normalized spacial score (nSPS) is 12.1. The van der Waals surface area contributed by atoms with Gasteiger partial charge in [-0.2, -0.15) is 0 Å². The van der Waals surface area contributed by atoms with Crippen LogP contribution in [0.15, 0.2) is 218 Å². The standard InChI is InChI=1S/C54H36N2SSi/c1-4-18-37(19-5-1)55-48-30-14-11-28-46(48)52-49(55)31-17-33-51(52)58(39-21-6-2-7-22-39,40-23-8-3-9-24-40)41-25-16-20-38(36-41)56-47-29-13-10-26-42(47)44-34-35-45-43-27-12-15-32-50(43)57-54(45)53(44)56/h1-36H. The Kier molecular flexibility index (Phi) is 7.46. The van der Waals surface area contributed by atoms with Crippen molar-refractivity contribution in [3.8, 4) is 11.4 Å². The highest BCUT2D eigenvalue weighted by atomic mass is 32.1. The number of para-hydroxylation sites is 3. The number of benzene rings is 9. The van der Waals surface area contributed by atoms with Gasteiger partial charge in [-0.15, -0.1) is 11.3 Å². The molecule has 0 atom stereocenters. The fourth-order valence-corrected chi connectivity index (χ4v) is 16.2. The largest absolute Gasteiger partial charge is 0.309 e. The third kappa shape index (κ3) is 4.70. The van der Waals surface area contributed by atoms with Crippen molar-refractivity contribution in [2.45, 2.75) is 0 Å². The topological polar surface area (TPSA) is 9.86 Å². The molecule has 4 heteroatoms. The Balaban J connectivity index is 1.23. The Morgan fingerprint density at radius 2 is 0.879 bits per heavy atom.